The van der Waals surface area contributed by atoms with Gasteiger partial charge in [-0.1, -0.05) is 42.8 Å². The van der Waals surface area contributed by atoms with Crippen molar-refractivity contribution in [2.45, 2.75) is 70.4 Å². The molecule has 1 saturated heterocycles. The number of aromatic nitrogens is 1. The molecule has 4 nitrogen and oxygen atoms in total. The molecule has 4 rings (SSSR count). The van der Waals surface area contributed by atoms with Crippen molar-refractivity contribution in [1.29, 1.82) is 0 Å². The van der Waals surface area contributed by atoms with Crippen LogP contribution >= 0.6 is 0 Å². The van der Waals surface area contributed by atoms with E-state index in [0.29, 0.717) is 6.04 Å². The summed E-state index contributed by atoms with van der Waals surface area (Å²) in [6.45, 7) is 4.68. The molecule has 0 spiro atoms. The summed E-state index contributed by atoms with van der Waals surface area (Å²) in [6.07, 6.45) is 9.75. The summed E-state index contributed by atoms with van der Waals surface area (Å²) in [6, 6.07) is 15.1. The Bertz CT molecular complexity index is 829. The molecule has 0 bridgehead atoms. The Morgan fingerprint density at radius 2 is 1.87 bits per heavy atom. The molecule has 30 heavy (non-hydrogen) atoms. The highest BCUT2D eigenvalue weighted by molar-refractivity contribution is 5.83. The number of aryl methyl sites for hydroxylation is 3. The van der Waals surface area contributed by atoms with Crippen molar-refractivity contribution in [3.05, 3.63) is 65.0 Å². The fourth-order valence-corrected chi connectivity index (χ4v) is 4.87. The average molecular weight is 406 g/mol. The molecule has 2 heterocycles. The highest BCUT2D eigenvalue weighted by Crippen LogP contribution is 2.26. The molecule has 1 atom stereocenters. The number of nitrogens with zero attached hydrogens (tertiary/aromatic N) is 2. The number of fused-ring (bicyclic) bond motifs is 1. The first-order valence-electron chi connectivity index (χ1n) is 11.7. The van der Waals surface area contributed by atoms with E-state index in [2.05, 4.69) is 34.5 Å². The average Bonchev–Trinajstić information content (AvgIpc) is 2.74. The molecule has 1 N–H and O–H groups in total. The molecule has 1 aliphatic carbocycles. The Hall–Kier alpha value is -2.04. The van der Waals surface area contributed by atoms with Gasteiger partial charge >= 0.3 is 0 Å². The van der Waals surface area contributed by atoms with Crippen LogP contribution in [-0.2, 0) is 24.1 Å². The molecule has 160 valence electrons. The number of unbranched alkanes of at least 4 members (excludes halogenated alkanes) is 2. The number of carbonyl (C=O) groups excluding carboxylic acids is 1. The molecule has 0 radical (unpaired) electrons. The molecule has 2 aromatic rings. The lowest BCUT2D eigenvalue weighted by molar-refractivity contribution is -0.124. The van der Waals surface area contributed by atoms with Crippen molar-refractivity contribution in [1.82, 2.24) is 15.2 Å². The van der Waals surface area contributed by atoms with Gasteiger partial charge in [0.1, 0.15) is 0 Å². The maximum atomic E-state index is 12.1. The standard InChI is InChI=1S/C26H35N3O/c1-20(30)26(22-11-4-2-5-12-22)29-18-24(19-29)27-17-9-3-6-13-23-16-15-21-10-7-8-14-25(21)28-23/h2,4-5,11-12,15-16,24,26-27H,3,6-10,13-14,17-19H2,1H3. The third-order valence-corrected chi connectivity index (χ3v) is 6.55. The fraction of sp³-hybridized carbons (Fsp3) is 0.538. The van der Waals surface area contributed by atoms with Crippen LogP contribution in [0.25, 0.3) is 0 Å². The summed E-state index contributed by atoms with van der Waals surface area (Å²) in [5.74, 6) is 0.232. The molecule has 1 fully saturated rings. The topological polar surface area (TPSA) is 45.2 Å². The van der Waals surface area contributed by atoms with E-state index in [9.17, 15) is 4.79 Å². The lowest BCUT2D eigenvalue weighted by Crippen LogP contribution is -2.59. The van der Waals surface area contributed by atoms with Gasteiger partial charge in [0.2, 0.25) is 0 Å². The van der Waals surface area contributed by atoms with Gasteiger partial charge in [-0.25, -0.2) is 0 Å². The number of hydrogen-bond donors (Lipinski definition) is 1. The Morgan fingerprint density at radius 1 is 1.07 bits per heavy atom. The van der Waals surface area contributed by atoms with Crippen LogP contribution in [0.3, 0.4) is 0 Å². The molecule has 2 aliphatic rings. The van der Waals surface area contributed by atoms with Crippen molar-refractivity contribution < 1.29 is 4.79 Å². The van der Waals surface area contributed by atoms with Crippen LogP contribution in [0.5, 0.6) is 0 Å². The quantitative estimate of drug-likeness (QED) is 0.600. The molecule has 4 heteroatoms. The van der Waals surface area contributed by atoms with Crippen LogP contribution in [0.1, 0.15) is 67.6 Å². The van der Waals surface area contributed by atoms with Crippen molar-refractivity contribution in [2.75, 3.05) is 19.6 Å². The lowest BCUT2D eigenvalue weighted by atomic mass is 9.95. The van der Waals surface area contributed by atoms with E-state index < -0.39 is 0 Å². The molecule has 1 unspecified atom stereocenters. The van der Waals surface area contributed by atoms with Crippen LogP contribution in [0.2, 0.25) is 0 Å². The summed E-state index contributed by atoms with van der Waals surface area (Å²) in [7, 11) is 0. The summed E-state index contributed by atoms with van der Waals surface area (Å²) in [5, 5.41) is 3.67. The van der Waals surface area contributed by atoms with Gasteiger partial charge < -0.3 is 5.32 Å². The normalized spacial score (nSPS) is 17.9. The van der Waals surface area contributed by atoms with E-state index in [4.69, 9.17) is 4.98 Å². The Kier molecular flexibility index (Phi) is 7.29. The van der Waals surface area contributed by atoms with Crippen LogP contribution in [0, 0.1) is 0 Å². The summed E-state index contributed by atoms with van der Waals surface area (Å²) in [5.41, 5.74) is 5.21. The smallest absolute Gasteiger partial charge is 0.151 e. The summed E-state index contributed by atoms with van der Waals surface area (Å²) < 4.78 is 0. The maximum absolute atomic E-state index is 12.1. The zero-order valence-electron chi connectivity index (χ0n) is 18.3. The Labute approximate surface area is 181 Å². The van der Waals surface area contributed by atoms with Crippen molar-refractivity contribution in [2.24, 2.45) is 0 Å². The highest BCUT2D eigenvalue weighted by atomic mass is 16.1. The zero-order chi connectivity index (χ0) is 20.8. The predicted molar refractivity (Wildman–Crippen MR) is 122 cm³/mol. The second-order valence-corrected chi connectivity index (χ2v) is 8.95. The van der Waals surface area contributed by atoms with E-state index >= 15 is 0 Å². The SMILES string of the molecule is CC(=O)C(c1ccccc1)N1CC(NCCCCCc2ccc3c(n2)CCCC3)C1. The van der Waals surface area contributed by atoms with E-state index in [-0.39, 0.29) is 11.8 Å². The number of likely N-dealkylation sites (tertiary alicyclic amines) is 1. The summed E-state index contributed by atoms with van der Waals surface area (Å²) >= 11 is 0. The van der Waals surface area contributed by atoms with Gasteiger partial charge in [-0.15, -0.1) is 0 Å². The maximum Gasteiger partial charge on any atom is 0.151 e. The monoisotopic (exact) mass is 405 g/mol. The molecule has 1 aromatic carbocycles. The number of hydrogen-bond acceptors (Lipinski definition) is 4. The van der Waals surface area contributed by atoms with E-state index in [0.717, 1.165) is 31.6 Å². The van der Waals surface area contributed by atoms with Gasteiger partial charge in [-0.2, -0.15) is 0 Å². The number of pyridine rings is 1. The number of benzene rings is 1. The van der Waals surface area contributed by atoms with Gasteiger partial charge in [0.25, 0.3) is 0 Å². The van der Waals surface area contributed by atoms with Gasteiger partial charge in [0.05, 0.1) is 6.04 Å². The molecule has 0 amide bonds. The lowest BCUT2D eigenvalue weighted by Gasteiger charge is -2.44. The van der Waals surface area contributed by atoms with Gasteiger partial charge in [-0.05, 0) is 75.6 Å². The first-order valence-corrected chi connectivity index (χ1v) is 11.7. The second kappa shape index (κ2) is 10.3. The molecule has 1 aromatic heterocycles. The molecular weight excluding hydrogens is 370 g/mol. The molecule has 0 saturated carbocycles. The third kappa shape index (κ3) is 5.35. The minimum absolute atomic E-state index is 0.0895. The Balaban J connectivity index is 1.11. The largest absolute Gasteiger partial charge is 0.311 e. The Morgan fingerprint density at radius 3 is 2.67 bits per heavy atom. The van der Waals surface area contributed by atoms with E-state index in [1.807, 2.05) is 18.2 Å². The summed E-state index contributed by atoms with van der Waals surface area (Å²) in [4.78, 5) is 19.3. The minimum Gasteiger partial charge on any atom is -0.311 e. The van der Waals surface area contributed by atoms with Gasteiger partial charge in [0, 0.05) is 30.5 Å². The predicted octanol–water partition coefficient (Wildman–Crippen LogP) is 4.28. The number of Topliss-reactive ketones (excluding diaryl/α,β-unsaturated/α-hetero) is 1. The first-order chi connectivity index (χ1) is 14.7. The number of ketones is 1. The number of carbonyl (C=O) groups is 1. The molecular formula is C26H35N3O. The number of rotatable bonds is 10. The zero-order valence-corrected chi connectivity index (χ0v) is 18.3. The van der Waals surface area contributed by atoms with Crippen molar-refractivity contribution >= 4 is 5.78 Å². The fourth-order valence-electron chi connectivity index (χ4n) is 4.87. The minimum atomic E-state index is -0.0895. The van der Waals surface area contributed by atoms with Crippen molar-refractivity contribution in [3.8, 4) is 0 Å². The second-order valence-electron chi connectivity index (χ2n) is 8.95. The first kappa shape index (κ1) is 21.2. The van der Waals surface area contributed by atoms with Crippen LogP contribution in [0.15, 0.2) is 42.5 Å². The van der Waals surface area contributed by atoms with Crippen LogP contribution in [-0.4, -0.2) is 41.3 Å². The third-order valence-electron chi connectivity index (χ3n) is 6.55. The van der Waals surface area contributed by atoms with Gasteiger partial charge in [-0.3, -0.25) is 14.7 Å². The molecule has 1 aliphatic heterocycles. The number of nitrogens with one attached hydrogen (secondary N) is 1. The van der Waals surface area contributed by atoms with Crippen LogP contribution < -0.4 is 5.32 Å². The highest BCUT2D eigenvalue weighted by Gasteiger charge is 2.34. The van der Waals surface area contributed by atoms with Gasteiger partial charge in [0.15, 0.2) is 5.78 Å². The van der Waals surface area contributed by atoms with Crippen LogP contribution in [0.4, 0.5) is 0 Å². The van der Waals surface area contributed by atoms with E-state index in [1.54, 1.807) is 6.92 Å². The van der Waals surface area contributed by atoms with E-state index in [1.165, 1.54) is 61.9 Å². The van der Waals surface area contributed by atoms with Crippen molar-refractivity contribution in [3.63, 3.8) is 0 Å².